The molecule has 78 valence electrons. The van der Waals surface area contributed by atoms with Crippen molar-refractivity contribution in [1.29, 1.82) is 0 Å². The van der Waals surface area contributed by atoms with Crippen molar-refractivity contribution in [3.8, 4) is 0 Å². The zero-order valence-electron chi connectivity index (χ0n) is 8.72. The van der Waals surface area contributed by atoms with E-state index >= 15 is 0 Å². The fourth-order valence-electron chi connectivity index (χ4n) is 1.69. The van der Waals surface area contributed by atoms with Crippen LogP contribution in [0.15, 0.2) is 60.7 Å². The van der Waals surface area contributed by atoms with Gasteiger partial charge in [-0.05, 0) is 0 Å². The first kappa shape index (κ1) is 10.4. The molecule has 0 saturated carbocycles. The predicted molar refractivity (Wildman–Crippen MR) is 68.6 cm³/mol. The van der Waals surface area contributed by atoms with Crippen molar-refractivity contribution in [2.45, 2.75) is 0 Å². The van der Waals surface area contributed by atoms with Crippen molar-refractivity contribution in [2.24, 2.45) is 0 Å². The van der Waals surface area contributed by atoms with Gasteiger partial charge in [0.15, 0.2) is 0 Å². The molecule has 0 amide bonds. The number of hydrogen-bond acceptors (Lipinski definition) is 1. The molecule has 0 heterocycles. The van der Waals surface area contributed by atoms with Crippen LogP contribution in [0.1, 0.15) is 0 Å². The minimum atomic E-state index is -2.46. The van der Waals surface area contributed by atoms with Crippen LogP contribution < -0.4 is 10.6 Å². The molecule has 1 N–H and O–H groups in total. The van der Waals surface area contributed by atoms with E-state index in [1.165, 1.54) is 0 Å². The number of benzene rings is 2. The second-order valence-electron chi connectivity index (χ2n) is 3.80. The molecule has 0 bridgehead atoms. The van der Waals surface area contributed by atoms with Gasteiger partial charge in [-0.25, -0.2) is 0 Å². The van der Waals surface area contributed by atoms with Crippen molar-refractivity contribution < 1.29 is 4.89 Å². The Morgan fingerprint density at radius 1 is 0.733 bits per heavy atom. The fraction of sp³-hybridized carbons (Fsp3) is 0.0769. The molecule has 0 aliphatic carbocycles. The molecule has 0 aliphatic heterocycles. The van der Waals surface area contributed by atoms with Gasteiger partial charge in [0.25, 0.3) is 0 Å². The van der Waals surface area contributed by atoms with E-state index in [1.807, 2.05) is 67.3 Å². The first-order valence-corrected chi connectivity index (χ1v) is 7.49. The van der Waals surface area contributed by atoms with Crippen molar-refractivity contribution in [3.63, 3.8) is 0 Å². The van der Waals surface area contributed by atoms with Crippen molar-refractivity contribution in [3.05, 3.63) is 60.7 Å². The van der Waals surface area contributed by atoms with Gasteiger partial charge in [-0.2, -0.15) is 0 Å². The van der Waals surface area contributed by atoms with Crippen LogP contribution in [0.4, 0.5) is 0 Å². The third-order valence-electron chi connectivity index (χ3n) is 2.67. The fourth-order valence-corrected chi connectivity index (χ4v) is 3.71. The summed E-state index contributed by atoms with van der Waals surface area (Å²) in [6, 6.07) is 19.8. The van der Waals surface area contributed by atoms with E-state index in [-0.39, 0.29) is 0 Å². The van der Waals surface area contributed by atoms with Crippen molar-refractivity contribution in [1.82, 2.24) is 0 Å². The summed E-state index contributed by atoms with van der Waals surface area (Å²) in [7, 11) is -2.46. The molecule has 1 nitrogen and oxygen atoms in total. The molecule has 0 saturated heterocycles. The average Bonchev–Trinajstić information content (AvgIpc) is 2.31. The van der Waals surface area contributed by atoms with Gasteiger partial charge in [0.05, 0.1) is 0 Å². The Kier molecular flexibility index (Phi) is 2.86. The SMILES string of the molecule is C[PH](O)(c1ccccc1)c1ccccc1. The molecule has 2 aromatic carbocycles. The van der Waals surface area contributed by atoms with E-state index in [4.69, 9.17) is 0 Å². The van der Waals surface area contributed by atoms with Gasteiger partial charge < -0.3 is 0 Å². The Morgan fingerprint density at radius 3 is 1.40 bits per heavy atom. The molecule has 15 heavy (non-hydrogen) atoms. The van der Waals surface area contributed by atoms with E-state index in [0.29, 0.717) is 0 Å². The Hall–Kier alpha value is -1.17. The molecule has 0 aromatic heterocycles. The predicted octanol–water partition coefficient (Wildman–Crippen LogP) is 1.92. The average molecular weight is 218 g/mol. The van der Waals surface area contributed by atoms with Crippen LogP contribution in [0, 0.1) is 0 Å². The van der Waals surface area contributed by atoms with E-state index in [9.17, 15) is 4.89 Å². The zero-order chi connectivity index (χ0) is 10.7. The number of rotatable bonds is 2. The summed E-state index contributed by atoms with van der Waals surface area (Å²) >= 11 is 0. The van der Waals surface area contributed by atoms with Crippen LogP contribution in [0.2, 0.25) is 0 Å². The van der Waals surface area contributed by atoms with Crippen LogP contribution in [0.25, 0.3) is 0 Å². The zero-order valence-corrected chi connectivity index (χ0v) is 9.72. The van der Waals surface area contributed by atoms with E-state index < -0.39 is 7.49 Å². The second-order valence-corrected chi connectivity index (χ2v) is 7.10. The Bertz CT molecular complexity index is 381. The van der Waals surface area contributed by atoms with E-state index in [1.54, 1.807) is 0 Å². The molecule has 0 spiro atoms. The monoisotopic (exact) mass is 218 g/mol. The normalized spacial score (nSPS) is 12.4. The van der Waals surface area contributed by atoms with Gasteiger partial charge in [0.1, 0.15) is 0 Å². The third-order valence-corrected chi connectivity index (χ3v) is 5.59. The van der Waals surface area contributed by atoms with Crippen LogP contribution in [-0.4, -0.2) is 11.6 Å². The summed E-state index contributed by atoms with van der Waals surface area (Å²) in [6.07, 6.45) is 0. The third kappa shape index (κ3) is 2.09. The molecule has 2 aromatic rings. The van der Waals surface area contributed by atoms with Crippen LogP contribution in [0.3, 0.4) is 0 Å². The Morgan fingerprint density at radius 2 is 1.07 bits per heavy atom. The molecule has 2 heteroatoms. The van der Waals surface area contributed by atoms with E-state index in [2.05, 4.69) is 0 Å². The van der Waals surface area contributed by atoms with Crippen LogP contribution >= 0.6 is 7.49 Å². The first-order chi connectivity index (χ1) is 7.21. The van der Waals surface area contributed by atoms with E-state index in [0.717, 1.165) is 10.6 Å². The maximum absolute atomic E-state index is 10.6. The van der Waals surface area contributed by atoms with Gasteiger partial charge in [-0.15, -0.1) is 0 Å². The summed E-state index contributed by atoms with van der Waals surface area (Å²) in [5, 5.41) is 2.10. The van der Waals surface area contributed by atoms with Gasteiger partial charge in [0, 0.05) is 0 Å². The quantitative estimate of drug-likeness (QED) is 0.763. The summed E-state index contributed by atoms with van der Waals surface area (Å²) < 4.78 is 0. The summed E-state index contributed by atoms with van der Waals surface area (Å²) in [6.45, 7) is 1.96. The topological polar surface area (TPSA) is 20.2 Å². The number of hydrogen-bond donors (Lipinski definition) is 1. The maximum atomic E-state index is 10.6. The van der Waals surface area contributed by atoms with Gasteiger partial charge in [0.2, 0.25) is 0 Å². The molecule has 2 rings (SSSR count). The standard InChI is InChI=1S/C13H15OP/c1-15(14,12-8-4-2-5-9-12)13-10-6-3-7-11-13/h2-11,14-15H,1H3. The summed E-state index contributed by atoms with van der Waals surface area (Å²) in [5.74, 6) is 0. The Labute approximate surface area is 90.8 Å². The van der Waals surface area contributed by atoms with Gasteiger partial charge >= 0.3 is 90.3 Å². The molecule has 0 fully saturated rings. The molecule has 0 radical (unpaired) electrons. The van der Waals surface area contributed by atoms with Crippen molar-refractivity contribution >= 4 is 18.1 Å². The minimum absolute atomic E-state index is 1.05. The van der Waals surface area contributed by atoms with Crippen LogP contribution in [-0.2, 0) is 0 Å². The molecule has 0 atom stereocenters. The summed E-state index contributed by atoms with van der Waals surface area (Å²) in [5.41, 5.74) is 0. The molecule has 0 unspecified atom stereocenters. The van der Waals surface area contributed by atoms with Crippen LogP contribution in [0.5, 0.6) is 0 Å². The first-order valence-electron chi connectivity index (χ1n) is 5.04. The van der Waals surface area contributed by atoms with Gasteiger partial charge in [-0.3, -0.25) is 0 Å². The second kappa shape index (κ2) is 4.14. The van der Waals surface area contributed by atoms with Crippen molar-refractivity contribution in [2.75, 3.05) is 6.66 Å². The summed E-state index contributed by atoms with van der Waals surface area (Å²) in [4.78, 5) is 10.6. The Balaban J connectivity index is 2.44. The molecule has 0 aliphatic rings. The van der Waals surface area contributed by atoms with Gasteiger partial charge in [-0.1, -0.05) is 0 Å². The molecular weight excluding hydrogens is 203 g/mol. The molecular formula is C13H15OP.